The molecule has 1 aliphatic heterocycles. The molecule has 2 N–H and O–H groups in total. The van der Waals surface area contributed by atoms with Crippen LogP contribution in [0.15, 0.2) is 54.6 Å². The molecule has 0 radical (unpaired) electrons. The van der Waals surface area contributed by atoms with Crippen molar-refractivity contribution in [1.82, 2.24) is 4.90 Å². The van der Waals surface area contributed by atoms with Crippen LogP contribution in [0.3, 0.4) is 0 Å². The lowest BCUT2D eigenvalue weighted by Gasteiger charge is -2.25. The summed E-state index contributed by atoms with van der Waals surface area (Å²) in [5, 5.41) is 19.7. The molecule has 4 nitrogen and oxygen atoms in total. The molecule has 0 aromatic heterocycles. The summed E-state index contributed by atoms with van der Waals surface area (Å²) in [6, 6.07) is 18.6. The van der Waals surface area contributed by atoms with Crippen LogP contribution >= 0.6 is 0 Å². The van der Waals surface area contributed by atoms with E-state index in [1.54, 1.807) is 0 Å². The first kappa shape index (κ1) is 18.9. The van der Waals surface area contributed by atoms with Crippen molar-refractivity contribution in [2.24, 2.45) is 0 Å². The Kier molecular flexibility index (Phi) is 6.67. The van der Waals surface area contributed by atoms with Gasteiger partial charge in [0.1, 0.15) is 5.75 Å². The number of aliphatic hydroxyl groups excluding tert-OH is 1. The molecular formula is C22H29NO3. The first-order valence-corrected chi connectivity index (χ1v) is 9.49. The summed E-state index contributed by atoms with van der Waals surface area (Å²) in [6.07, 6.45) is 3.06. The maximum absolute atomic E-state index is 10.3. The zero-order valence-electron chi connectivity index (χ0n) is 15.3. The van der Waals surface area contributed by atoms with Crippen LogP contribution in [0.25, 0.3) is 0 Å². The average molecular weight is 355 g/mol. The fourth-order valence-corrected chi connectivity index (χ4v) is 3.49. The highest BCUT2D eigenvalue weighted by Crippen LogP contribution is 2.25. The summed E-state index contributed by atoms with van der Waals surface area (Å²) in [5.41, 5.74) is 1.54. The number of aliphatic hydroxyl groups is 2. The van der Waals surface area contributed by atoms with Gasteiger partial charge in [-0.25, -0.2) is 0 Å². The maximum Gasteiger partial charge on any atom is 0.123 e. The summed E-state index contributed by atoms with van der Waals surface area (Å²) in [5.74, 6) is 0.935. The van der Waals surface area contributed by atoms with Crippen LogP contribution in [-0.4, -0.2) is 47.0 Å². The highest BCUT2D eigenvalue weighted by atomic mass is 16.5. The van der Waals surface area contributed by atoms with E-state index in [2.05, 4.69) is 35.2 Å². The van der Waals surface area contributed by atoms with Crippen molar-refractivity contribution in [3.63, 3.8) is 0 Å². The van der Waals surface area contributed by atoms with Gasteiger partial charge in [-0.05, 0) is 37.4 Å². The second-order valence-electron chi connectivity index (χ2n) is 7.20. The lowest BCUT2D eigenvalue weighted by atomic mass is 9.96. The van der Waals surface area contributed by atoms with Crippen LogP contribution in [0.2, 0.25) is 0 Å². The monoisotopic (exact) mass is 355 g/mol. The highest BCUT2D eigenvalue weighted by Gasteiger charge is 2.29. The SMILES string of the molecule is OCC1(O)CCCN(Cc2ccccc2OCCc2ccccc2)CC1. The van der Waals surface area contributed by atoms with Crippen LogP contribution in [0, 0.1) is 0 Å². The Balaban J connectivity index is 1.57. The van der Waals surface area contributed by atoms with E-state index in [0.29, 0.717) is 19.4 Å². The van der Waals surface area contributed by atoms with Crippen molar-refractivity contribution >= 4 is 0 Å². The maximum atomic E-state index is 10.3. The smallest absolute Gasteiger partial charge is 0.123 e. The lowest BCUT2D eigenvalue weighted by Crippen LogP contribution is -2.34. The van der Waals surface area contributed by atoms with Gasteiger partial charge in [-0.2, -0.15) is 0 Å². The minimum atomic E-state index is -0.916. The summed E-state index contributed by atoms with van der Waals surface area (Å²) in [7, 11) is 0. The minimum Gasteiger partial charge on any atom is -0.493 e. The van der Waals surface area contributed by atoms with Gasteiger partial charge in [-0.3, -0.25) is 4.90 Å². The molecule has 0 bridgehead atoms. The van der Waals surface area contributed by atoms with E-state index in [1.165, 1.54) is 11.1 Å². The predicted octanol–water partition coefficient (Wildman–Crippen LogP) is 3.02. The van der Waals surface area contributed by atoms with Crippen LogP contribution in [0.1, 0.15) is 30.4 Å². The predicted molar refractivity (Wildman–Crippen MR) is 103 cm³/mol. The molecule has 0 saturated carbocycles. The molecule has 26 heavy (non-hydrogen) atoms. The van der Waals surface area contributed by atoms with Crippen LogP contribution in [0.5, 0.6) is 5.75 Å². The molecule has 1 unspecified atom stereocenters. The Morgan fingerprint density at radius 2 is 1.73 bits per heavy atom. The molecule has 140 valence electrons. The Bertz CT molecular complexity index is 676. The van der Waals surface area contributed by atoms with Gasteiger partial charge in [0.25, 0.3) is 0 Å². The Morgan fingerprint density at radius 1 is 0.962 bits per heavy atom. The van der Waals surface area contributed by atoms with Gasteiger partial charge in [0, 0.05) is 25.1 Å². The molecule has 1 atom stereocenters. The number of hydrogen-bond donors (Lipinski definition) is 2. The van der Waals surface area contributed by atoms with Crippen LogP contribution < -0.4 is 4.74 Å². The van der Waals surface area contributed by atoms with E-state index in [9.17, 15) is 10.2 Å². The van der Waals surface area contributed by atoms with Gasteiger partial charge in [-0.1, -0.05) is 48.5 Å². The van der Waals surface area contributed by atoms with Gasteiger partial charge in [0.2, 0.25) is 0 Å². The Hall–Kier alpha value is -1.88. The van der Waals surface area contributed by atoms with E-state index in [0.717, 1.165) is 38.2 Å². The second kappa shape index (κ2) is 9.17. The fourth-order valence-electron chi connectivity index (χ4n) is 3.49. The second-order valence-corrected chi connectivity index (χ2v) is 7.20. The number of ether oxygens (including phenoxy) is 1. The zero-order valence-corrected chi connectivity index (χ0v) is 15.3. The number of rotatable bonds is 7. The van der Waals surface area contributed by atoms with E-state index in [1.807, 2.05) is 24.3 Å². The summed E-state index contributed by atoms with van der Waals surface area (Å²) in [6.45, 7) is 3.03. The Labute approximate surface area is 156 Å². The number of hydrogen-bond acceptors (Lipinski definition) is 4. The average Bonchev–Trinajstić information content (AvgIpc) is 2.86. The van der Waals surface area contributed by atoms with Crippen molar-refractivity contribution in [2.75, 3.05) is 26.3 Å². The van der Waals surface area contributed by atoms with Gasteiger partial charge < -0.3 is 14.9 Å². The van der Waals surface area contributed by atoms with Gasteiger partial charge in [0.15, 0.2) is 0 Å². The van der Waals surface area contributed by atoms with E-state index < -0.39 is 5.60 Å². The van der Waals surface area contributed by atoms with Crippen molar-refractivity contribution in [3.8, 4) is 5.75 Å². The van der Waals surface area contributed by atoms with E-state index in [4.69, 9.17) is 4.74 Å². The molecule has 1 saturated heterocycles. The van der Waals surface area contributed by atoms with Gasteiger partial charge in [0.05, 0.1) is 18.8 Å². The van der Waals surface area contributed by atoms with E-state index >= 15 is 0 Å². The molecule has 0 aliphatic carbocycles. The highest BCUT2D eigenvalue weighted by molar-refractivity contribution is 5.33. The molecule has 4 heteroatoms. The van der Waals surface area contributed by atoms with Crippen LogP contribution in [0.4, 0.5) is 0 Å². The quantitative estimate of drug-likeness (QED) is 0.802. The first-order chi connectivity index (χ1) is 12.7. The van der Waals surface area contributed by atoms with Gasteiger partial charge >= 0.3 is 0 Å². The Morgan fingerprint density at radius 3 is 2.54 bits per heavy atom. The minimum absolute atomic E-state index is 0.153. The van der Waals surface area contributed by atoms with E-state index in [-0.39, 0.29) is 6.61 Å². The third kappa shape index (κ3) is 5.31. The van der Waals surface area contributed by atoms with Crippen molar-refractivity contribution in [1.29, 1.82) is 0 Å². The molecular weight excluding hydrogens is 326 g/mol. The number of likely N-dealkylation sites (tertiary alicyclic amines) is 1. The number of para-hydroxylation sites is 1. The lowest BCUT2D eigenvalue weighted by molar-refractivity contribution is -0.0255. The first-order valence-electron chi connectivity index (χ1n) is 9.49. The molecule has 0 amide bonds. The summed E-state index contributed by atoms with van der Waals surface area (Å²) < 4.78 is 6.06. The third-order valence-corrected chi connectivity index (χ3v) is 5.16. The normalized spacial score (nSPS) is 21.3. The van der Waals surface area contributed by atoms with Crippen molar-refractivity contribution in [3.05, 3.63) is 65.7 Å². The largest absolute Gasteiger partial charge is 0.493 e. The molecule has 1 fully saturated rings. The molecule has 2 aromatic rings. The molecule has 3 rings (SSSR count). The molecule has 1 aliphatic rings. The number of benzene rings is 2. The van der Waals surface area contributed by atoms with Crippen molar-refractivity contribution < 1.29 is 14.9 Å². The number of nitrogens with zero attached hydrogens (tertiary/aromatic N) is 1. The molecule has 0 spiro atoms. The van der Waals surface area contributed by atoms with Crippen molar-refractivity contribution in [2.45, 2.75) is 37.8 Å². The standard InChI is InChI=1S/C22H29NO3/c24-18-22(25)12-6-14-23(15-13-22)17-20-9-4-5-10-21(20)26-16-11-19-7-2-1-3-8-19/h1-5,7-10,24-25H,6,11-18H2. The third-order valence-electron chi connectivity index (χ3n) is 5.16. The van der Waals surface area contributed by atoms with Gasteiger partial charge in [-0.15, -0.1) is 0 Å². The molecule has 1 heterocycles. The zero-order chi connectivity index (χ0) is 18.2. The summed E-state index contributed by atoms with van der Waals surface area (Å²) in [4.78, 5) is 2.34. The summed E-state index contributed by atoms with van der Waals surface area (Å²) >= 11 is 0. The molecule has 2 aromatic carbocycles. The van der Waals surface area contributed by atoms with Crippen LogP contribution in [-0.2, 0) is 13.0 Å². The topological polar surface area (TPSA) is 52.9 Å². The fraction of sp³-hybridized carbons (Fsp3) is 0.455.